The van der Waals surface area contributed by atoms with E-state index in [4.69, 9.17) is 23.1 Å². The van der Waals surface area contributed by atoms with Gasteiger partial charge in [-0.2, -0.15) is 0 Å². The fourth-order valence-corrected chi connectivity index (χ4v) is 1.27. The summed E-state index contributed by atoms with van der Waals surface area (Å²) in [5, 5.41) is 18.8. The molecule has 1 heterocycles. The van der Waals surface area contributed by atoms with Gasteiger partial charge in [0.25, 0.3) is 0 Å². The maximum atomic E-state index is 10.6. The highest BCUT2D eigenvalue weighted by molar-refractivity contribution is 6.31. The topological polar surface area (TPSA) is 122 Å². The van der Waals surface area contributed by atoms with Crippen LogP contribution in [-0.4, -0.2) is 27.2 Å². The van der Waals surface area contributed by atoms with Crippen LogP contribution in [0.5, 0.6) is 0 Å². The monoisotopic (exact) mass is 231 g/mol. The molecule has 6 nitrogen and oxygen atoms in total. The number of primary amides is 1. The number of halogens is 1. The Morgan fingerprint density at radius 2 is 2.13 bits per heavy atom. The number of aliphatic hydroxyl groups is 2. The summed E-state index contributed by atoms with van der Waals surface area (Å²) in [6.07, 6.45) is -2.06. The van der Waals surface area contributed by atoms with Crippen LogP contribution in [0.4, 0.5) is 5.82 Å². The lowest BCUT2D eigenvalue weighted by atomic mass is 10.1. The van der Waals surface area contributed by atoms with E-state index in [1.54, 1.807) is 0 Å². The molecule has 7 heteroatoms. The van der Waals surface area contributed by atoms with Gasteiger partial charge in [0.1, 0.15) is 11.9 Å². The zero-order valence-corrected chi connectivity index (χ0v) is 8.35. The van der Waals surface area contributed by atoms with Gasteiger partial charge in [-0.25, -0.2) is 4.98 Å². The lowest BCUT2D eigenvalue weighted by molar-refractivity contribution is -0.131. The van der Waals surface area contributed by atoms with Crippen molar-refractivity contribution in [1.82, 2.24) is 4.98 Å². The van der Waals surface area contributed by atoms with Crippen LogP contribution < -0.4 is 11.5 Å². The summed E-state index contributed by atoms with van der Waals surface area (Å²) < 4.78 is 0. The molecule has 0 saturated carbocycles. The van der Waals surface area contributed by atoms with Gasteiger partial charge in [-0.1, -0.05) is 11.6 Å². The van der Waals surface area contributed by atoms with Gasteiger partial charge < -0.3 is 21.7 Å². The number of aliphatic hydroxyl groups excluding tert-OH is 2. The van der Waals surface area contributed by atoms with Gasteiger partial charge in [0.15, 0.2) is 6.10 Å². The van der Waals surface area contributed by atoms with Crippen molar-refractivity contribution in [3.05, 3.63) is 22.8 Å². The second-order valence-corrected chi connectivity index (χ2v) is 3.33. The summed E-state index contributed by atoms with van der Waals surface area (Å²) in [6, 6.07) is 1.30. The largest absolute Gasteiger partial charge is 0.385 e. The van der Waals surface area contributed by atoms with E-state index in [9.17, 15) is 15.0 Å². The summed E-state index contributed by atoms with van der Waals surface area (Å²) in [5.74, 6) is -0.875. The van der Waals surface area contributed by atoms with Crippen molar-refractivity contribution >= 4 is 23.3 Å². The van der Waals surface area contributed by atoms with E-state index in [-0.39, 0.29) is 16.4 Å². The predicted octanol–water partition coefficient (Wildman–Crippen LogP) is -0.803. The highest BCUT2D eigenvalue weighted by Crippen LogP contribution is 2.25. The molecule has 0 spiro atoms. The highest BCUT2D eigenvalue weighted by Gasteiger charge is 2.25. The van der Waals surface area contributed by atoms with Crippen molar-refractivity contribution in [3.63, 3.8) is 0 Å². The molecule has 1 aromatic rings. The molecule has 1 amide bonds. The number of rotatable bonds is 3. The van der Waals surface area contributed by atoms with Crippen molar-refractivity contribution in [2.24, 2.45) is 5.73 Å². The summed E-state index contributed by atoms with van der Waals surface area (Å²) in [4.78, 5) is 14.3. The number of pyridine rings is 1. The number of amides is 1. The fraction of sp³-hybridized carbons (Fsp3) is 0.250. The number of nitrogens with zero attached hydrogens (tertiary/aromatic N) is 1. The van der Waals surface area contributed by atoms with Gasteiger partial charge in [-0.3, -0.25) is 4.79 Å². The third-order valence-electron chi connectivity index (χ3n) is 1.81. The molecule has 0 fully saturated rings. The Labute approximate surface area is 90.5 Å². The normalized spacial score (nSPS) is 14.6. The SMILES string of the molecule is NC(=O)C(O)C(O)c1cnc(N)cc1Cl. The Balaban J connectivity index is 3.01. The van der Waals surface area contributed by atoms with Crippen LogP contribution >= 0.6 is 11.6 Å². The highest BCUT2D eigenvalue weighted by atomic mass is 35.5. The molecule has 6 N–H and O–H groups in total. The smallest absolute Gasteiger partial charge is 0.249 e. The average molecular weight is 232 g/mol. The number of nitrogen functional groups attached to an aromatic ring is 1. The first-order chi connectivity index (χ1) is 6.93. The minimum Gasteiger partial charge on any atom is -0.385 e. The Bertz CT molecular complexity index is 385. The minimum absolute atomic E-state index is 0.0946. The van der Waals surface area contributed by atoms with Gasteiger partial charge in [-0.05, 0) is 6.07 Å². The van der Waals surface area contributed by atoms with Crippen LogP contribution in [0.1, 0.15) is 11.7 Å². The molecule has 2 unspecified atom stereocenters. The first-order valence-electron chi connectivity index (χ1n) is 4.00. The Kier molecular flexibility index (Phi) is 3.46. The molecular weight excluding hydrogens is 222 g/mol. The zero-order valence-electron chi connectivity index (χ0n) is 7.59. The molecule has 0 aliphatic rings. The van der Waals surface area contributed by atoms with E-state index >= 15 is 0 Å². The van der Waals surface area contributed by atoms with Crippen LogP contribution in [0.15, 0.2) is 12.3 Å². The summed E-state index contributed by atoms with van der Waals surface area (Å²) in [7, 11) is 0. The molecule has 2 atom stereocenters. The van der Waals surface area contributed by atoms with Gasteiger partial charge in [0.2, 0.25) is 5.91 Å². The second kappa shape index (κ2) is 4.43. The molecule has 0 radical (unpaired) electrons. The van der Waals surface area contributed by atoms with Crippen molar-refractivity contribution in [3.8, 4) is 0 Å². The Morgan fingerprint density at radius 3 is 2.60 bits per heavy atom. The van der Waals surface area contributed by atoms with Gasteiger partial charge >= 0.3 is 0 Å². The second-order valence-electron chi connectivity index (χ2n) is 2.92. The van der Waals surface area contributed by atoms with E-state index in [0.29, 0.717) is 0 Å². The molecule has 15 heavy (non-hydrogen) atoms. The van der Waals surface area contributed by atoms with Crippen LogP contribution in [0.25, 0.3) is 0 Å². The van der Waals surface area contributed by atoms with E-state index in [1.165, 1.54) is 12.3 Å². The van der Waals surface area contributed by atoms with Crippen molar-refractivity contribution < 1.29 is 15.0 Å². The summed E-state index contributed by atoms with van der Waals surface area (Å²) in [5.41, 5.74) is 10.2. The number of anilines is 1. The third-order valence-corrected chi connectivity index (χ3v) is 2.14. The molecule has 1 aromatic heterocycles. The first kappa shape index (κ1) is 11.7. The molecule has 0 saturated heterocycles. The van der Waals surface area contributed by atoms with Gasteiger partial charge in [0.05, 0.1) is 5.02 Å². The fourth-order valence-electron chi connectivity index (χ4n) is 0.999. The number of hydrogen-bond acceptors (Lipinski definition) is 5. The summed E-state index contributed by atoms with van der Waals surface area (Å²) in [6.45, 7) is 0. The van der Waals surface area contributed by atoms with Crippen molar-refractivity contribution in [2.75, 3.05) is 5.73 Å². The number of nitrogens with two attached hydrogens (primary N) is 2. The lowest BCUT2D eigenvalue weighted by Crippen LogP contribution is -2.34. The molecule has 0 aliphatic carbocycles. The molecule has 1 rings (SSSR count). The molecular formula is C8H10ClN3O3. The number of hydrogen-bond donors (Lipinski definition) is 4. The van der Waals surface area contributed by atoms with E-state index in [2.05, 4.69) is 4.98 Å². The van der Waals surface area contributed by atoms with Crippen molar-refractivity contribution in [1.29, 1.82) is 0 Å². The third kappa shape index (κ3) is 2.56. The maximum Gasteiger partial charge on any atom is 0.249 e. The quantitative estimate of drug-likeness (QED) is 0.542. The van der Waals surface area contributed by atoms with Crippen LogP contribution in [-0.2, 0) is 4.79 Å². The van der Waals surface area contributed by atoms with Crippen molar-refractivity contribution in [2.45, 2.75) is 12.2 Å². The molecule has 82 valence electrons. The van der Waals surface area contributed by atoms with Gasteiger partial charge in [-0.15, -0.1) is 0 Å². The maximum absolute atomic E-state index is 10.6. The lowest BCUT2D eigenvalue weighted by Gasteiger charge is -2.15. The van der Waals surface area contributed by atoms with E-state index < -0.39 is 18.1 Å². The number of aromatic nitrogens is 1. The minimum atomic E-state index is -1.73. The zero-order chi connectivity index (χ0) is 11.6. The first-order valence-corrected chi connectivity index (χ1v) is 4.37. The van der Waals surface area contributed by atoms with Crippen LogP contribution in [0.3, 0.4) is 0 Å². The standard InChI is InChI=1S/C8H10ClN3O3/c9-4-1-5(10)12-2-3(4)6(13)7(14)8(11)15/h1-2,6-7,13-14H,(H2,10,12)(H2,11,15). The van der Waals surface area contributed by atoms with Crippen LogP contribution in [0.2, 0.25) is 5.02 Å². The predicted molar refractivity (Wildman–Crippen MR) is 53.8 cm³/mol. The average Bonchev–Trinajstić information content (AvgIpc) is 2.15. The molecule has 0 aliphatic heterocycles. The van der Waals surface area contributed by atoms with E-state index in [0.717, 1.165) is 0 Å². The Morgan fingerprint density at radius 1 is 1.53 bits per heavy atom. The summed E-state index contributed by atoms with van der Waals surface area (Å²) >= 11 is 5.73. The molecule has 0 bridgehead atoms. The van der Waals surface area contributed by atoms with E-state index in [1.807, 2.05) is 0 Å². The number of carbonyl (C=O) groups excluding carboxylic acids is 1. The van der Waals surface area contributed by atoms with Gasteiger partial charge in [0, 0.05) is 11.8 Å². The molecule has 0 aromatic carbocycles. The Hall–Kier alpha value is -1.37. The van der Waals surface area contributed by atoms with Crippen LogP contribution in [0, 0.1) is 0 Å². The number of carbonyl (C=O) groups is 1.